The molecule has 0 bridgehead atoms. The first kappa shape index (κ1) is 14.8. The average molecular weight is 296 g/mol. The monoisotopic (exact) mass is 295 g/mol. The van der Waals surface area contributed by atoms with Crippen molar-refractivity contribution in [3.05, 3.63) is 41.7 Å². The second-order valence-corrected chi connectivity index (χ2v) is 5.27. The third-order valence-corrected chi connectivity index (χ3v) is 2.88. The van der Waals surface area contributed by atoms with E-state index in [9.17, 15) is 0 Å². The number of nitrogens with one attached hydrogen (secondary N) is 1. The number of hydrogen-bond donors (Lipinski definition) is 1. The molecule has 0 radical (unpaired) electrons. The SMILES string of the molecule is CC(C)COCC(Nc1ncncc1Cl)c1ccco1. The Bertz CT molecular complexity index is 517. The molecule has 0 aliphatic carbocycles. The molecule has 2 aromatic heterocycles. The quantitative estimate of drug-likeness (QED) is 0.846. The standard InChI is InChI=1S/C14H18ClN3O2/c1-10(2)7-19-8-12(13-4-3-5-20-13)18-14-11(15)6-16-9-17-14/h3-6,9-10,12H,7-8H2,1-2H3,(H,16,17,18). The Morgan fingerprint density at radius 3 is 2.90 bits per heavy atom. The van der Waals surface area contributed by atoms with Gasteiger partial charge in [0.15, 0.2) is 0 Å². The molecule has 20 heavy (non-hydrogen) atoms. The van der Waals surface area contributed by atoms with Gasteiger partial charge >= 0.3 is 0 Å². The van der Waals surface area contributed by atoms with Crippen molar-refractivity contribution in [1.29, 1.82) is 0 Å². The highest BCUT2D eigenvalue weighted by molar-refractivity contribution is 6.32. The molecule has 1 atom stereocenters. The van der Waals surface area contributed by atoms with E-state index in [1.165, 1.54) is 6.33 Å². The van der Waals surface area contributed by atoms with Crippen molar-refractivity contribution in [1.82, 2.24) is 9.97 Å². The number of anilines is 1. The van der Waals surface area contributed by atoms with Crippen molar-refractivity contribution in [2.45, 2.75) is 19.9 Å². The van der Waals surface area contributed by atoms with Crippen LogP contribution in [0.4, 0.5) is 5.82 Å². The van der Waals surface area contributed by atoms with Gasteiger partial charge in [-0.25, -0.2) is 9.97 Å². The minimum Gasteiger partial charge on any atom is -0.467 e. The van der Waals surface area contributed by atoms with E-state index in [2.05, 4.69) is 29.1 Å². The van der Waals surface area contributed by atoms with Gasteiger partial charge in [0, 0.05) is 6.61 Å². The molecular formula is C14H18ClN3O2. The summed E-state index contributed by atoms with van der Waals surface area (Å²) in [6.45, 7) is 5.38. The topological polar surface area (TPSA) is 60.2 Å². The predicted octanol–water partition coefficient (Wildman–Crippen LogP) is 3.55. The van der Waals surface area contributed by atoms with Crippen LogP contribution in [0.3, 0.4) is 0 Å². The van der Waals surface area contributed by atoms with Crippen LogP contribution < -0.4 is 5.32 Å². The number of aromatic nitrogens is 2. The molecule has 2 rings (SSSR count). The Balaban J connectivity index is 2.05. The zero-order valence-corrected chi connectivity index (χ0v) is 12.3. The molecule has 0 saturated heterocycles. The molecule has 2 heterocycles. The van der Waals surface area contributed by atoms with Crippen molar-refractivity contribution in [2.24, 2.45) is 5.92 Å². The van der Waals surface area contributed by atoms with Crippen LogP contribution in [-0.2, 0) is 4.74 Å². The van der Waals surface area contributed by atoms with Crippen LogP contribution in [0, 0.1) is 5.92 Å². The molecule has 5 nitrogen and oxygen atoms in total. The van der Waals surface area contributed by atoms with Gasteiger partial charge in [0.25, 0.3) is 0 Å². The summed E-state index contributed by atoms with van der Waals surface area (Å²) in [5.74, 6) is 1.83. The van der Waals surface area contributed by atoms with Gasteiger partial charge in [-0.15, -0.1) is 0 Å². The summed E-state index contributed by atoms with van der Waals surface area (Å²) in [4.78, 5) is 7.98. The molecule has 0 aliphatic heterocycles. The minimum absolute atomic E-state index is 0.142. The molecule has 0 aliphatic rings. The maximum absolute atomic E-state index is 6.06. The Morgan fingerprint density at radius 1 is 1.40 bits per heavy atom. The van der Waals surface area contributed by atoms with Gasteiger partial charge in [-0.2, -0.15) is 0 Å². The molecule has 2 aromatic rings. The van der Waals surface area contributed by atoms with Gasteiger partial charge in [0.2, 0.25) is 0 Å². The normalized spacial score (nSPS) is 12.6. The Labute approximate surface area is 123 Å². The summed E-state index contributed by atoms with van der Waals surface area (Å²) in [6.07, 6.45) is 4.63. The van der Waals surface area contributed by atoms with Gasteiger partial charge in [-0.1, -0.05) is 25.4 Å². The van der Waals surface area contributed by atoms with Gasteiger partial charge in [0.05, 0.1) is 19.1 Å². The lowest BCUT2D eigenvalue weighted by Gasteiger charge is -2.18. The van der Waals surface area contributed by atoms with Gasteiger partial charge < -0.3 is 14.5 Å². The number of hydrogen-bond acceptors (Lipinski definition) is 5. The lowest BCUT2D eigenvalue weighted by Crippen LogP contribution is -2.19. The van der Waals surface area contributed by atoms with Gasteiger partial charge in [0.1, 0.15) is 29.0 Å². The zero-order chi connectivity index (χ0) is 14.4. The molecule has 6 heteroatoms. The highest BCUT2D eigenvalue weighted by atomic mass is 35.5. The fourth-order valence-corrected chi connectivity index (χ4v) is 1.85. The van der Waals surface area contributed by atoms with E-state index in [4.69, 9.17) is 20.8 Å². The molecule has 108 valence electrons. The van der Waals surface area contributed by atoms with Crippen LogP contribution in [0.2, 0.25) is 5.02 Å². The van der Waals surface area contributed by atoms with Crippen molar-refractivity contribution >= 4 is 17.4 Å². The van der Waals surface area contributed by atoms with E-state index >= 15 is 0 Å². The van der Waals surface area contributed by atoms with E-state index in [1.54, 1.807) is 12.5 Å². The fraction of sp³-hybridized carbons (Fsp3) is 0.429. The Hall–Kier alpha value is -1.59. The van der Waals surface area contributed by atoms with Crippen molar-refractivity contribution in [3.8, 4) is 0 Å². The fourth-order valence-electron chi connectivity index (χ4n) is 1.69. The van der Waals surface area contributed by atoms with Crippen LogP contribution in [0.25, 0.3) is 0 Å². The zero-order valence-electron chi connectivity index (χ0n) is 11.5. The van der Waals surface area contributed by atoms with E-state index in [1.807, 2.05) is 12.1 Å². The molecule has 0 fully saturated rings. The third-order valence-electron chi connectivity index (χ3n) is 2.60. The van der Waals surface area contributed by atoms with Crippen molar-refractivity contribution in [3.63, 3.8) is 0 Å². The van der Waals surface area contributed by atoms with E-state index in [0.717, 1.165) is 5.76 Å². The number of rotatable bonds is 7. The molecule has 0 spiro atoms. The second-order valence-electron chi connectivity index (χ2n) is 4.86. The molecule has 0 aromatic carbocycles. The molecule has 1 unspecified atom stereocenters. The van der Waals surface area contributed by atoms with E-state index in [0.29, 0.717) is 30.0 Å². The van der Waals surface area contributed by atoms with Gasteiger partial charge in [-0.3, -0.25) is 0 Å². The summed E-state index contributed by atoms with van der Waals surface area (Å²) in [5, 5.41) is 3.69. The molecule has 0 amide bonds. The summed E-state index contributed by atoms with van der Waals surface area (Å²) >= 11 is 6.06. The highest BCUT2D eigenvalue weighted by Crippen LogP contribution is 2.24. The first-order valence-corrected chi connectivity index (χ1v) is 6.87. The first-order valence-electron chi connectivity index (χ1n) is 6.50. The van der Waals surface area contributed by atoms with Gasteiger partial charge in [-0.05, 0) is 18.1 Å². The summed E-state index contributed by atoms with van der Waals surface area (Å²) in [6, 6.07) is 3.59. The number of nitrogens with zero attached hydrogens (tertiary/aromatic N) is 2. The summed E-state index contributed by atoms with van der Waals surface area (Å²) < 4.78 is 11.1. The lowest BCUT2D eigenvalue weighted by molar-refractivity contribution is 0.0979. The first-order chi connectivity index (χ1) is 9.66. The third kappa shape index (κ3) is 4.21. The molecular weight excluding hydrogens is 278 g/mol. The maximum atomic E-state index is 6.06. The summed E-state index contributed by atoms with van der Waals surface area (Å²) in [5.41, 5.74) is 0. The highest BCUT2D eigenvalue weighted by Gasteiger charge is 2.17. The van der Waals surface area contributed by atoms with Crippen LogP contribution >= 0.6 is 11.6 Å². The van der Waals surface area contributed by atoms with Crippen LogP contribution in [0.5, 0.6) is 0 Å². The van der Waals surface area contributed by atoms with E-state index in [-0.39, 0.29) is 6.04 Å². The number of furan rings is 1. The van der Waals surface area contributed by atoms with Crippen molar-refractivity contribution in [2.75, 3.05) is 18.5 Å². The Kier molecular flexibility index (Phi) is 5.38. The maximum Gasteiger partial charge on any atom is 0.148 e. The summed E-state index contributed by atoms with van der Waals surface area (Å²) in [7, 11) is 0. The lowest BCUT2D eigenvalue weighted by atomic mass is 10.2. The van der Waals surface area contributed by atoms with Crippen LogP contribution in [0.15, 0.2) is 35.3 Å². The minimum atomic E-state index is -0.142. The Morgan fingerprint density at radius 2 is 2.25 bits per heavy atom. The second kappa shape index (κ2) is 7.26. The molecule has 1 N–H and O–H groups in total. The van der Waals surface area contributed by atoms with Crippen LogP contribution in [-0.4, -0.2) is 23.2 Å². The predicted molar refractivity (Wildman–Crippen MR) is 77.8 cm³/mol. The van der Waals surface area contributed by atoms with Crippen molar-refractivity contribution < 1.29 is 9.15 Å². The molecule has 0 saturated carbocycles. The number of halogens is 1. The van der Waals surface area contributed by atoms with Crippen LogP contribution in [0.1, 0.15) is 25.6 Å². The largest absolute Gasteiger partial charge is 0.467 e. The number of ether oxygens (including phenoxy) is 1. The smallest absolute Gasteiger partial charge is 0.148 e. The average Bonchev–Trinajstić information content (AvgIpc) is 2.93. The van der Waals surface area contributed by atoms with E-state index < -0.39 is 0 Å².